The van der Waals surface area contributed by atoms with Crippen LogP contribution in [0.2, 0.25) is 5.02 Å². The summed E-state index contributed by atoms with van der Waals surface area (Å²) in [6.07, 6.45) is 4.30. The monoisotopic (exact) mass is 590 g/mol. The summed E-state index contributed by atoms with van der Waals surface area (Å²) in [6, 6.07) is 6.05. The zero-order chi connectivity index (χ0) is 29.6. The van der Waals surface area contributed by atoms with Crippen LogP contribution in [0.3, 0.4) is 0 Å². The molecular formula is C30H43ClN4O6. The molecule has 3 fully saturated rings. The van der Waals surface area contributed by atoms with Crippen LogP contribution in [0.15, 0.2) is 24.3 Å². The third kappa shape index (κ3) is 9.60. The van der Waals surface area contributed by atoms with Gasteiger partial charge in [0.15, 0.2) is 12.2 Å². The van der Waals surface area contributed by atoms with Crippen molar-refractivity contribution in [1.29, 1.82) is 0 Å². The lowest BCUT2D eigenvalue weighted by Crippen LogP contribution is -2.54. The Bertz CT molecular complexity index is 1100. The van der Waals surface area contributed by atoms with Gasteiger partial charge in [-0.15, -0.1) is 0 Å². The first-order valence-corrected chi connectivity index (χ1v) is 15.2. The predicted molar refractivity (Wildman–Crippen MR) is 154 cm³/mol. The third-order valence-electron chi connectivity index (χ3n) is 8.17. The van der Waals surface area contributed by atoms with Crippen LogP contribution in [0.4, 0.5) is 4.79 Å². The molecule has 4 rings (SSSR count). The van der Waals surface area contributed by atoms with Crippen molar-refractivity contribution >= 4 is 35.4 Å². The molecule has 1 aliphatic heterocycles. The van der Waals surface area contributed by atoms with Gasteiger partial charge in [-0.2, -0.15) is 0 Å². The van der Waals surface area contributed by atoms with Gasteiger partial charge < -0.3 is 31.1 Å². The summed E-state index contributed by atoms with van der Waals surface area (Å²) >= 11 is 6.04. The molecule has 1 aromatic rings. The fourth-order valence-corrected chi connectivity index (χ4v) is 6.07. The number of halogens is 1. The number of hydrogen-bond donors (Lipinski definition) is 5. The highest BCUT2D eigenvalue weighted by Gasteiger charge is 2.42. The number of rotatable bonds is 12. The SMILES string of the molecule is CC1(C)C[C@H](C[C@H](NC(=O)[C@H](CC2CCCCC2)OC(=O)NCc2cccc(Cl)c2)[C@H](O)C(=O)NC2CC2)C(=O)N1. The molecule has 0 bridgehead atoms. The number of carbonyl (C=O) groups excluding carboxylic acids is 4. The number of nitrogens with one attached hydrogen (secondary N) is 4. The molecule has 0 radical (unpaired) electrons. The predicted octanol–water partition coefficient (Wildman–Crippen LogP) is 3.33. The van der Waals surface area contributed by atoms with E-state index in [0.29, 0.717) is 17.9 Å². The van der Waals surface area contributed by atoms with Crippen molar-refractivity contribution in [2.24, 2.45) is 11.8 Å². The molecule has 2 saturated carbocycles. The number of amides is 4. The lowest BCUT2D eigenvalue weighted by molar-refractivity contribution is -0.137. The fourth-order valence-electron chi connectivity index (χ4n) is 5.86. The van der Waals surface area contributed by atoms with Crippen LogP contribution in [0.25, 0.3) is 0 Å². The number of ether oxygens (including phenoxy) is 1. The molecule has 4 amide bonds. The van der Waals surface area contributed by atoms with E-state index in [0.717, 1.165) is 50.5 Å². The summed E-state index contributed by atoms with van der Waals surface area (Å²) in [6.45, 7) is 3.99. The van der Waals surface area contributed by atoms with Crippen molar-refractivity contribution in [2.75, 3.05) is 0 Å². The molecule has 1 heterocycles. The van der Waals surface area contributed by atoms with Gasteiger partial charge in [-0.25, -0.2) is 4.79 Å². The molecule has 11 heteroatoms. The minimum absolute atomic E-state index is 0.0211. The quantitative estimate of drug-likeness (QED) is 0.252. The topological polar surface area (TPSA) is 146 Å². The molecule has 10 nitrogen and oxygen atoms in total. The van der Waals surface area contributed by atoms with Gasteiger partial charge in [0.2, 0.25) is 5.91 Å². The summed E-state index contributed by atoms with van der Waals surface area (Å²) in [5.41, 5.74) is 0.357. The number of hydrogen-bond acceptors (Lipinski definition) is 6. The van der Waals surface area contributed by atoms with Gasteiger partial charge in [0.25, 0.3) is 11.8 Å². The summed E-state index contributed by atoms with van der Waals surface area (Å²) in [4.78, 5) is 51.9. The second kappa shape index (κ2) is 13.9. The molecule has 2 aliphatic carbocycles. The van der Waals surface area contributed by atoms with Crippen LogP contribution in [0.5, 0.6) is 0 Å². The van der Waals surface area contributed by atoms with Crippen LogP contribution in [-0.4, -0.2) is 58.8 Å². The van der Waals surface area contributed by atoms with E-state index in [2.05, 4.69) is 21.3 Å². The lowest BCUT2D eigenvalue weighted by Gasteiger charge is -2.29. The molecule has 0 spiro atoms. The van der Waals surface area contributed by atoms with Gasteiger partial charge in [-0.3, -0.25) is 14.4 Å². The first kappa shape index (κ1) is 31.1. The average Bonchev–Trinajstić information content (AvgIpc) is 3.69. The molecule has 226 valence electrons. The number of alkyl carbamates (subject to hydrolysis) is 1. The number of benzene rings is 1. The zero-order valence-corrected chi connectivity index (χ0v) is 24.7. The Morgan fingerprint density at radius 1 is 1.10 bits per heavy atom. The van der Waals surface area contributed by atoms with E-state index in [-0.39, 0.29) is 30.8 Å². The largest absolute Gasteiger partial charge is 0.436 e. The highest BCUT2D eigenvalue weighted by atomic mass is 35.5. The van der Waals surface area contributed by atoms with Gasteiger partial charge in [0.1, 0.15) is 0 Å². The van der Waals surface area contributed by atoms with Crippen molar-refractivity contribution in [3.8, 4) is 0 Å². The van der Waals surface area contributed by atoms with E-state index in [1.807, 2.05) is 19.9 Å². The second-order valence-electron chi connectivity index (χ2n) is 12.5. The number of aliphatic hydroxyl groups excluding tert-OH is 1. The first-order valence-electron chi connectivity index (χ1n) is 14.8. The Hall–Kier alpha value is -2.85. The van der Waals surface area contributed by atoms with Gasteiger partial charge in [-0.05, 0) is 69.6 Å². The van der Waals surface area contributed by atoms with E-state index >= 15 is 0 Å². The minimum Gasteiger partial charge on any atom is -0.436 e. The van der Waals surface area contributed by atoms with Crippen LogP contribution in [-0.2, 0) is 25.7 Å². The van der Waals surface area contributed by atoms with Crippen LogP contribution in [0.1, 0.15) is 83.6 Å². The first-order chi connectivity index (χ1) is 19.5. The summed E-state index contributed by atoms with van der Waals surface area (Å²) < 4.78 is 5.65. The Morgan fingerprint density at radius 2 is 1.83 bits per heavy atom. The molecule has 4 atom stereocenters. The van der Waals surface area contributed by atoms with Gasteiger partial charge >= 0.3 is 6.09 Å². The molecular weight excluding hydrogens is 548 g/mol. The molecule has 0 unspecified atom stereocenters. The summed E-state index contributed by atoms with van der Waals surface area (Å²) in [5.74, 6) is -1.63. The molecule has 5 N–H and O–H groups in total. The van der Waals surface area contributed by atoms with Crippen molar-refractivity contribution in [1.82, 2.24) is 21.3 Å². The van der Waals surface area contributed by atoms with Crippen LogP contribution < -0.4 is 21.3 Å². The molecule has 0 aromatic heterocycles. The zero-order valence-electron chi connectivity index (χ0n) is 23.9. The Kier molecular flexibility index (Phi) is 10.5. The molecule has 1 aromatic carbocycles. The van der Waals surface area contributed by atoms with Crippen molar-refractivity contribution in [3.63, 3.8) is 0 Å². The van der Waals surface area contributed by atoms with Gasteiger partial charge in [0.05, 0.1) is 6.04 Å². The minimum atomic E-state index is -1.55. The maximum absolute atomic E-state index is 13.6. The third-order valence-corrected chi connectivity index (χ3v) is 8.40. The van der Waals surface area contributed by atoms with Gasteiger partial charge in [0, 0.05) is 29.1 Å². The van der Waals surface area contributed by atoms with E-state index in [4.69, 9.17) is 16.3 Å². The summed E-state index contributed by atoms with van der Waals surface area (Å²) in [7, 11) is 0. The second-order valence-corrected chi connectivity index (χ2v) is 12.9. The molecule has 1 saturated heterocycles. The van der Waals surface area contributed by atoms with Crippen LogP contribution >= 0.6 is 11.6 Å². The Labute approximate surface area is 246 Å². The Balaban J connectivity index is 1.45. The van der Waals surface area contributed by atoms with E-state index in [9.17, 15) is 24.3 Å². The smallest absolute Gasteiger partial charge is 0.408 e. The van der Waals surface area contributed by atoms with Crippen LogP contribution in [0, 0.1) is 11.8 Å². The van der Waals surface area contributed by atoms with Crippen molar-refractivity contribution < 1.29 is 29.0 Å². The highest BCUT2D eigenvalue weighted by Crippen LogP contribution is 2.30. The van der Waals surface area contributed by atoms with E-state index < -0.39 is 47.6 Å². The lowest BCUT2D eigenvalue weighted by atomic mass is 9.85. The average molecular weight is 591 g/mol. The molecule has 41 heavy (non-hydrogen) atoms. The van der Waals surface area contributed by atoms with Gasteiger partial charge in [-0.1, -0.05) is 55.8 Å². The van der Waals surface area contributed by atoms with E-state index in [1.54, 1.807) is 18.2 Å². The van der Waals surface area contributed by atoms with Crippen molar-refractivity contribution in [2.45, 2.75) is 114 Å². The maximum atomic E-state index is 13.6. The highest BCUT2D eigenvalue weighted by molar-refractivity contribution is 6.30. The molecule has 3 aliphatic rings. The fraction of sp³-hybridized carbons (Fsp3) is 0.667. The Morgan fingerprint density at radius 3 is 2.46 bits per heavy atom. The number of carbonyl (C=O) groups is 4. The van der Waals surface area contributed by atoms with Crippen molar-refractivity contribution in [3.05, 3.63) is 34.9 Å². The normalized spacial score (nSPS) is 22.6. The maximum Gasteiger partial charge on any atom is 0.408 e. The summed E-state index contributed by atoms with van der Waals surface area (Å²) in [5, 5.41) is 22.7. The standard InChI is InChI=1S/C30H43ClN4O6/c1-30(2)16-20(26(37)35-30)15-23(25(36)28(39)33-22-11-12-22)34-27(38)24(14-18-7-4-3-5-8-18)41-29(40)32-17-19-9-6-10-21(31)13-19/h6,9-10,13,18,20,22-25,36H,3-5,7-8,11-12,14-17H2,1-2H3,(H,32,40)(H,33,39)(H,34,38)(H,35,37)/t20-,23-,24-,25-/m0/s1. The number of aliphatic hydroxyl groups is 1. The van der Waals surface area contributed by atoms with E-state index in [1.165, 1.54) is 0 Å².